The first-order valence-corrected chi connectivity index (χ1v) is 7.11. The lowest BCUT2D eigenvalue weighted by Gasteiger charge is -2.29. The predicted molar refractivity (Wildman–Crippen MR) is 76.6 cm³/mol. The summed E-state index contributed by atoms with van der Waals surface area (Å²) in [6, 6.07) is 0.268. The number of nitrogens with zero attached hydrogens (tertiary/aromatic N) is 3. The van der Waals surface area contributed by atoms with E-state index in [9.17, 15) is 0 Å². The van der Waals surface area contributed by atoms with Crippen molar-refractivity contribution in [3.63, 3.8) is 0 Å². The third-order valence-corrected chi connectivity index (χ3v) is 3.46. The average Bonchev–Trinajstić information content (AvgIpc) is 2.42. The van der Waals surface area contributed by atoms with Crippen molar-refractivity contribution >= 4 is 21.9 Å². The van der Waals surface area contributed by atoms with Gasteiger partial charge in [-0.1, -0.05) is 0 Å². The standard InChI is InChI=1S/C12H19BrN4O2/c1-9(8-17-3-5-19-6-4-17)15-12-14-7-10(13)11(16-12)18-2/h7,9H,3-6,8H2,1-2H3,(H,14,15,16). The maximum absolute atomic E-state index is 5.33. The second-order valence-corrected chi connectivity index (χ2v) is 5.36. The van der Waals surface area contributed by atoms with E-state index in [4.69, 9.17) is 9.47 Å². The Morgan fingerprint density at radius 3 is 2.95 bits per heavy atom. The molecule has 0 bridgehead atoms. The van der Waals surface area contributed by atoms with E-state index in [0.717, 1.165) is 37.3 Å². The molecule has 0 aromatic carbocycles. The fourth-order valence-corrected chi connectivity index (χ4v) is 2.35. The van der Waals surface area contributed by atoms with E-state index in [2.05, 4.69) is 43.0 Å². The minimum Gasteiger partial charge on any atom is -0.480 e. The van der Waals surface area contributed by atoms with Crippen molar-refractivity contribution in [1.29, 1.82) is 0 Å². The summed E-state index contributed by atoms with van der Waals surface area (Å²) in [4.78, 5) is 10.9. The number of methoxy groups -OCH3 is 1. The zero-order chi connectivity index (χ0) is 13.7. The van der Waals surface area contributed by atoms with Gasteiger partial charge in [-0.05, 0) is 22.9 Å². The number of hydrogen-bond donors (Lipinski definition) is 1. The number of anilines is 1. The van der Waals surface area contributed by atoms with Crippen LogP contribution < -0.4 is 10.1 Å². The summed E-state index contributed by atoms with van der Waals surface area (Å²) in [7, 11) is 1.59. The van der Waals surface area contributed by atoms with E-state index in [0.29, 0.717) is 11.8 Å². The molecule has 6 nitrogen and oxygen atoms in total. The lowest BCUT2D eigenvalue weighted by Crippen LogP contribution is -2.42. The van der Waals surface area contributed by atoms with Crippen molar-refractivity contribution in [1.82, 2.24) is 14.9 Å². The van der Waals surface area contributed by atoms with Gasteiger partial charge in [0.25, 0.3) is 0 Å². The number of nitrogens with one attached hydrogen (secondary N) is 1. The molecule has 19 heavy (non-hydrogen) atoms. The molecule has 2 rings (SSSR count). The van der Waals surface area contributed by atoms with Gasteiger partial charge in [-0.25, -0.2) is 4.98 Å². The zero-order valence-electron chi connectivity index (χ0n) is 11.2. The molecule has 0 spiro atoms. The number of rotatable bonds is 5. The average molecular weight is 331 g/mol. The summed E-state index contributed by atoms with van der Waals surface area (Å²) in [6.07, 6.45) is 1.69. The van der Waals surface area contributed by atoms with Gasteiger partial charge in [-0.2, -0.15) is 4.98 Å². The zero-order valence-corrected chi connectivity index (χ0v) is 12.8. The van der Waals surface area contributed by atoms with Crippen molar-refractivity contribution in [2.45, 2.75) is 13.0 Å². The molecule has 1 atom stereocenters. The second kappa shape index (κ2) is 7.02. The minimum absolute atomic E-state index is 0.268. The molecular weight excluding hydrogens is 312 g/mol. The van der Waals surface area contributed by atoms with Crippen LogP contribution in [0.5, 0.6) is 5.88 Å². The SMILES string of the molecule is COc1nc(NC(C)CN2CCOCC2)ncc1Br. The maximum atomic E-state index is 5.33. The summed E-state index contributed by atoms with van der Waals surface area (Å²) >= 11 is 3.34. The van der Waals surface area contributed by atoms with Gasteiger partial charge in [0, 0.05) is 25.7 Å². The van der Waals surface area contributed by atoms with Crippen molar-refractivity contribution in [2.75, 3.05) is 45.3 Å². The van der Waals surface area contributed by atoms with Crippen LogP contribution in [-0.4, -0.2) is 60.9 Å². The van der Waals surface area contributed by atoms with Crippen LogP contribution in [0.25, 0.3) is 0 Å². The van der Waals surface area contributed by atoms with Crippen molar-refractivity contribution in [2.24, 2.45) is 0 Å². The molecule has 106 valence electrons. The highest BCUT2D eigenvalue weighted by molar-refractivity contribution is 9.10. The van der Waals surface area contributed by atoms with Gasteiger partial charge < -0.3 is 14.8 Å². The molecule has 1 unspecified atom stereocenters. The Labute approximate surface area is 121 Å². The molecule has 7 heteroatoms. The summed E-state index contributed by atoms with van der Waals surface area (Å²) < 4.78 is 11.2. The largest absolute Gasteiger partial charge is 0.480 e. The van der Waals surface area contributed by atoms with Gasteiger partial charge in [0.1, 0.15) is 0 Å². The highest BCUT2D eigenvalue weighted by atomic mass is 79.9. The van der Waals surface area contributed by atoms with Crippen molar-refractivity contribution < 1.29 is 9.47 Å². The van der Waals surface area contributed by atoms with Gasteiger partial charge >= 0.3 is 0 Å². The first-order valence-electron chi connectivity index (χ1n) is 6.32. The van der Waals surface area contributed by atoms with E-state index in [1.54, 1.807) is 13.3 Å². The molecule has 2 heterocycles. The fourth-order valence-electron chi connectivity index (χ4n) is 2.00. The Bertz CT molecular complexity index is 413. The molecule has 1 N–H and O–H groups in total. The van der Waals surface area contributed by atoms with Gasteiger partial charge in [-0.15, -0.1) is 0 Å². The van der Waals surface area contributed by atoms with Crippen LogP contribution in [0.2, 0.25) is 0 Å². The van der Waals surface area contributed by atoms with E-state index in [-0.39, 0.29) is 6.04 Å². The molecule has 0 saturated carbocycles. The first-order chi connectivity index (χ1) is 9.19. The normalized spacial score (nSPS) is 18.1. The Balaban J connectivity index is 1.88. The lowest BCUT2D eigenvalue weighted by atomic mass is 10.3. The molecule has 0 aliphatic carbocycles. The summed E-state index contributed by atoms with van der Waals surface area (Å²) in [6.45, 7) is 6.66. The molecule has 0 radical (unpaired) electrons. The smallest absolute Gasteiger partial charge is 0.232 e. The topological polar surface area (TPSA) is 59.5 Å². The Morgan fingerprint density at radius 1 is 1.53 bits per heavy atom. The quantitative estimate of drug-likeness (QED) is 0.880. The first kappa shape index (κ1) is 14.5. The van der Waals surface area contributed by atoms with Gasteiger partial charge in [-0.3, -0.25) is 4.90 Å². The highest BCUT2D eigenvalue weighted by Gasteiger charge is 2.14. The van der Waals surface area contributed by atoms with E-state index < -0.39 is 0 Å². The van der Waals surface area contributed by atoms with E-state index in [1.165, 1.54) is 0 Å². The molecule has 1 saturated heterocycles. The molecule has 1 fully saturated rings. The lowest BCUT2D eigenvalue weighted by molar-refractivity contribution is 0.0368. The monoisotopic (exact) mass is 330 g/mol. The van der Waals surface area contributed by atoms with Crippen LogP contribution in [0.3, 0.4) is 0 Å². The Kier molecular flexibility index (Phi) is 5.35. The third-order valence-electron chi connectivity index (χ3n) is 2.92. The van der Waals surface area contributed by atoms with E-state index >= 15 is 0 Å². The molecule has 0 amide bonds. The highest BCUT2D eigenvalue weighted by Crippen LogP contribution is 2.22. The van der Waals surface area contributed by atoms with Crippen LogP contribution in [0.1, 0.15) is 6.92 Å². The van der Waals surface area contributed by atoms with Gasteiger partial charge in [0.15, 0.2) is 0 Å². The molecular formula is C12H19BrN4O2. The number of ether oxygens (including phenoxy) is 2. The van der Waals surface area contributed by atoms with Gasteiger partial charge in [0.05, 0.1) is 31.0 Å². The summed E-state index contributed by atoms with van der Waals surface area (Å²) in [5, 5.41) is 3.29. The minimum atomic E-state index is 0.268. The predicted octanol–water partition coefficient (Wildman–Crippen LogP) is 1.38. The molecule has 1 aliphatic rings. The third kappa shape index (κ3) is 4.29. The van der Waals surface area contributed by atoms with Crippen LogP contribution in [0.4, 0.5) is 5.95 Å². The second-order valence-electron chi connectivity index (χ2n) is 4.51. The Hall–Kier alpha value is -0.920. The van der Waals surface area contributed by atoms with Crippen LogP contribution in [0, 0.1) is 0 Å². The molecule has 1 aliphatic heterocycles. The summed E-state index contributed by atoms with van der Waals surface area (Å²) in [5.41, 5.74) is 0. The van der Waals surface area contributed by atoms with Crippen molar-refractivity contribution in [3.8, 4) is 5.88 Å². The number of morpholine rings is 1. The van der Waals surface area contributed by atoms with E-state index in [1.807, 2.05) is 0 Å². The summed E-state index contributed by atoms with van der Waals surface area (Å²) in [5.74, 6) is 1.12. The number of halogens is 1. The van der Waals surface area contributed by atoms with Crippen LogP contribution >= 0.6 is 15.9 Å². The Morgan fingerprint density at radius 2 is 2.26 bits per heavy atom. The number of hydrogen-bond acceptors (Lipinski definition) is 6. The fraction of sp³-hybridized carbons (Fsp3) is 0.667. The molecule has 1 aromatic heterocycles. The van der Waals surface area contributed by atoms with Gasteiger partial charge in [0.2, 0.25) is 11.8 Å². The van der Waals surface area contributed by atoms with Crippen molar-refractivity contribution in [3.05, 3.63) is 10.7 Å². The van der Waals surface area contributed by atoms with Crippen LogP contribution in [-0.2, 0) is 4.74 Å². The molecule has 1 aromatic rings. The maximum Gasteiger partial charge on any atom is 0.232 e. The number of aromatic nitrogens is 2. The van der Waals surface area contributed by atoms with Crippen LogP contribution in [0.15, 0.2) is 10.7 Å².